The number of carbonyl (C=O) groups is 1. The van der Waals surface area contributed by atoms with Crippen LogP contribution >= 0.6 is 0 Å². The molecule has 4 heteroatoms. The van der Waals surface area contributed by atoms with E-state index in [1.54, 1.807) is 0 Å². The Labute approximate surface area is 130 Å². The Morgan fingerprint density at radius 2 is 1.91 bits per heavy atom. The molecule has 1 aliphatic heterocycles. The van der Waals surface area contributed by atoms with Gasteiger partial charge in [0, 0.05) is 11.3 Å². The Morgan fingerprint density at radius 1 is 1.18 bits per heavy atom. The van der Waals surface area contributed by atoms with E-state index >= 15 is 0 Å². The molecule has 1 unspecified atom stereocenters. The SMILES string of the molecule is CC(C)(NC(=O)C1[C@H]2CNC[C@@H]12)c1ccc2ccccc2n1. The molecule has 2 aliphatic rings. The zero-order valence-corrected chi connectivity index (χ0v) is 13.0. The highest BCUT2D eigenvalue weighted by molar-refractivity contribution is 5.83. The number of carbonyl (C=O) groups excluding carboxylic acids is 1. The molecule has 4 nitrogen and oxygen atoms in total. The lowest BCUT2D eigenvalue weighted by molar-refractivity contribution is -0.124. The predicted octanol–water partition coefficient (Wildman–Crippen LogP) is 2.05. The molecule has 114 valence electrons. The average molecular weight is 295 g/mol. The van der Waals surface area contributed by atoms with Gasteiger partial charge in [-0.1, -0.05) is 24.3 Å². The lowest BCUT2D eigenvalue weighted by atomic mass is 9.98. The van der Waals surface area contributed by atoms with Gasteiger partial charge in [0.2, 0.25) is 5.91 Å². The van der Waals surface area contributed by atoms with Crippen molar-refractivity contribution in [1.29, 1.82) is 0 Å². The van der Waals surface area contributed by atoms with Crippen LogP contribution in [-0.2, 0) is 10.3 Å². The van der Waals surface area contributed by atoms with Gasteiger partial charge in [0.05, 0.1) is 16.7 Å². The van der Waals surface area contributed by atoms with E-state index in [1.165, 1.54) is 0 Å². The summed E-state index contributed by atoms with van der Waals surface area (Å²) in [6.45, 7) is 6.02. The van der Waals surface area contributed by atoms with E-state index in [0.29, 0.717) is 11.8 Å². The zero-order valence-electron chi connectivity index (χ0n) is 13.0. The second-order valence-electron chi connectivity index (χ2n) is 7.02. The fraction of sp³-hybridized carbons (Fsp3) is 0.444. The minimum absolute atomic E-state index is 0.177. The van der Waals surface area contributed by atoms with Crippen LogP contribution in [0.25, 0.3) is 10.9 Å². The summed E-state index contributed by atoms with van der Waals surface area (Å²) in [5.41, 5.74) is 1.42. The molecule has 1 aliphatic carbocycles. The Balaban J connectivity index is 1.55. The second kappa shape index (κ2) is 4.78. The van der Waals surface area contributed by atoms with Crippen LogP contribution in [-0.4, -0.2) is 24.0 Å². The first-order valence-corrected chi connectivity index (χ1v) is 7.95. The van der Waals surface area contributed by atoms with Gasteiger partial charge in [-0.15, -0.1) is 0 Å². The molecule has 0 bridgehead atoms. The van der Waals surface area contributed by atoms with E-state index in [0.717, 1.165) is 29.7 Å². The molecule has 1 aromatic heterocycles. The fourth-order valence-electron chi connectivity index (χ4n) is 3.68. The third-order valence-electron chi connectivity index (χ3n) is 5.07. The number of rotatable bonds is 3. The number of hydrogen-bond donors (Lipinski definition) is 2. The number of hydrogen-bond acceptors (Lipinski definition) is 3. The number of fused-ring (bicyclic) bond motifs is 2. The first-order valence-electron chi connectivity index (χ1n) is 7.95. The van der Waals surface area contributed by atoms with Gasteiger partial charge in [0.25, 0.3) is 0 Å². The normalized spacial score (nSPS) is 26.7. The molecule has 2 N–H and O–H groups in total. The summed E-state index contributed by atoms with van der Waals surface area (Å²) < 4.78 is 0. The molecule has 3 atom stereocenters. The third kappa shape index (κ3) is 2.18. The molecular formula is C18H21N3O. The lowest BCUT2D eigenvalue weighted by Crippen LogP contribution is -2.43. The first kappa shape index (κ1) is 13.7. The van der Waals surface area contributed by atoms with Crippen molar-refractivity contribution in [3.8, 4) is 0 Å². The van der Waals surface area contributed by atoms with Crippen molar-refractivity contribution in [2.75, 3.05) is 13.1 Å². The van der Waals surface area contributed by atoms with Crippen molar-refractivity contribution in [2.24, 2.45) is 17.8 Å². The molecular weight excluding hydrogens is 274 g/mol. The van der Waals surface area contributed by atoms with Crippen LogP contribution < -0.4 is 10.6 Å². The van der Waals surface area contributed by atoms with Crippen LogP contribution in [0.1, 0.15) is 19.5 Å². The molecule has 1 saturated heterocycles. The van der Waals surface area contributed by atoms with Gasteiger partial charge in [-0.05, 0) is 50.9 Å². The zero-order chi connectivity index (χ0) is 15.3. The average Bonchev–Trinajstić information content (AvgIpc) is 3.00. The summed E-state index contributed by atoms with van der Waals surface area (Å²) in [5.74, 6) is 1.46. The number of nitrogens with one attached hydrogen (secondary N) is 2. The first-order chi connectivity index (χ1) is 10.6. The van der Waals surface area contributed by atoms with Gasteiger partial charge >= 0.3 is 0 Å². The van der Waals surface area contributed by atoms with Crippen LogP contribution in [0, 0.1) is 17.8 Å². The minimum atomic E-state index is -0.453. The van der Waals surface area contributed by atoms with Gasteiger partial charge in [-0.3, -0.25) is 9.78 Å². The van der Waals surface area contributed by atoms with Crippen LogP contribution in [0.15, 0.2) is 36.4 Å². The van der Waals surface area contributed by atoms with Crippen LogP contribution in [0.5, 0.6) is 0 Å². The molecule has 2 aromatic rings. The maximum absolute atomic E-state index is 12.5. The molecule has 4 rings (SSSR count). The smallest absolute Gasteiger partial charge is 0.224 e. The second-order valence-corrected chi connectivity index (χ2v) is 7.02. The Bertz CT molecular complexity index is 730. The van der Waals surface area contributed by atoms with Crippen molar-refractivity contribution in [3.63, 3.8) is 0 Å². The van der Waals surface area contributed by atoms with Crippen LogP contribution in [0.3, 0.4) is 0 Å². The van der Waals surface area contributed by atoms with Gasteiger partial charge in [0.1, 0.15) is 0 Å². The maximum atomic E-state index is 12.5. The topological polar surface area (TPSA) is 54.0 Å². The summed E-state index contributed by atoms with van der Waals surface area (Å²) in [7, 11) is 0. The number of para-hydroxylation sites is 1. The van der Waals surface area contributed by atoms with Crippen LogP contribution in [0.4, 0.5) is 0 Å². The highest BCUT2D eigenvalue weighted by atomic mass is 16.2. The van der Waals surface area contributed by atoms with Crippen molar-refractivity contribution >= 4 is 16.8 Å². The summed E-state index contributed by atoms with van der Waals surface area (Å²) in [5, 5.41) is 7.65. The number of benzene rings is 1. The summed E-state index contributed by atoms with van der Waals surface area (Å²) >= 11 is 0. The van der Waals surface area contributed by atoms with E-state index in [2.05, 4.69) is 22.8 Å². The molecule has 22 heavy (non-hydrogen) atoms. The Kier molecular flexibility index (Phi) is 2.98. The van der Waals surface area contributed by atoms with Gasteiger partial charge in [0.15, 0.2) is 0 Å². The fourth-order valence-corrected chi connectivity index (χ4v) is 3.68. The van der Waals surface area contributed by atoms with Crippen LogP contribution in [0.2, 0.25) is 0 Å². The molecule has 2 heterocycles. The standard InChI is InChI=1S/C18H21N3O/c1-18(2,21-17(22)16-12-9-19-10-13(12)16)15-8-7-11-5-3-4-6-14(11)20-15/h3-8,12-13,16,19H,9-10H2,1-2H3,(H,21,22)/t12-,13+,16?. The van der Waals surface area contributed by atoms with Gasteiger partial charge < -0.3 is 10.6 Å². The summed E-state index contributed by atoms with van der Waals surface area (Å²) in [6, 6.07) is 12.1. The maximum Gasteiger partial charge on any atom is 0.224 e. The van der Waals surface area contributed by atoms with Crippen molar-refractivity contribution in [2.45, 2.75) is 19.4 Å². The summed E-state index contributed by atoms with van der Waals surface area (Å²) in [4.78, 5) is 17.2. The predicted molar refractivity (Wildman–Crippen MR) is 86.3 cm³/mol. The number of aromatic nitrogens is 1. The minimum Gasteiger partial charge on any atom is -0.345 e. The van der Waals surface area contributed by atoms with Crippen molar-refractivity contribution in [3.05, 3.63) is 42.1 Å². The van der Waals surface area contributed by atoms with Crippen molar-refractivity contribution < 1.29 is 4.79 Å². The third-order valence-corrected chi connectivity index (χ3v) is 5.07. The van der Waals surface area contributed by atoms with Crippen molar-refractivity contribution in [1.82, 2.24) is 15.6 Å². The number of nitrogens with zero attached hydrogens (tertiary/aromatic N) is 1. The Hall–Kier alpha value is -1.94. The monoisotopic (exact) mass is 295 g/mol. The number of pyridine rings is 1. The highest BCUT2D eigenvalue weighted by Crippen LogP contribution is 2.49. The van der Waals surface area contributed by atoms with E-state index in [1.807, 2.05) is 38.1 Å². The molecule has 0 radical (unpaired) electrons. The molecule has 1 saturated carbocycles. The van der Waals surface area contributed by atoms with E-state index in [-0.39, 0.29) is 11.8 Å². The largest absolute Gasteiger partial charge is 0.345 e. The van der Waals surface area contributed by atoms with E-state index in [9.17, 15) is 4.79 Å². The molecule has 2 fully saturated rings. The lowest BCUT2D eigenvalue weighted by Gasteiger charge is -2.26. The highest BCUT2D eigenvalue weighted by Gasteiger charge is 2.57. The quantitative estimate of drug-likeness (QED) is 0.911. The van der Waals surface area contributed by atoms with E-state index < -0.39 is 5.54 Å². The van der Waals surface area contributed by atoms with Gasteiger partial charge in [-0.25, -0.2) is 0 Å². The number of amides is 1. The molecule has 1 aromatic carbocycles. The molecule has 1 amide bonds. The summed E-state index contributed by atoms with van der Waals surface area (Å²) in [6.07, 6.45) is 0. The molecule has 0 spiro atoms. The van der Waals surface area contributed by atoms with Gasteiger partial charge in [-0.2, -0.15) is 0 Å². The number of piperidine rings is 1. The van der Waals surface area contributed by atoms with E-state index in [4.69, 9.17) is 4.98 Å². The Morgan fingerprint density at radius 3 is 2.68 bits per heavy atom.